The molecule has 11 nitrogen and oxygen atoms in total. The fraction of sp³-hybridized carbons (Fsp3) is 0.286. The molecule has 0 saturated carbocycles. The molecule has 4 N–H and O–H groups in total. The average Bonchev–Trinajstić information content (AvgIpc) is 3.06. The summed E-state index contributed by atoms with van der Waals surface area (Å²) in [5.41, 5.74) is 0.803. The van der Waals surface area contributed by atoms with E-state index in [4.69, 9.17) is 10.2 Å². The maximum atomic E-state index is 13.0. The van der Waals surface area contributed by atoms with Crippen molar-refractivity contribution in [2.75, 3.05) is 0 Å². The molecule has 182 valence electrons. The molecule has 1 aliphatic carbocycles. The van der Waals surface area contributed by atoms with Crippen molar-refractivity contribution in [3.63, 3.8) is 0 Å². The summed E-state index contributed by atoms with van der Waals surface area (Å²) in [6.07, 6.45) is 0.0197. The van der Waals surface area contributed by atoms with Gasteiger partial charge in [-0.05, 0) is 48.2 Å². The first-order valence-corrected chi connectivity index (χ1v) is 13.1. The molecule has 0 aromatic heterocycles. The van der Waals surface area contributed by atoms with Crippen LogP contribution in [-0.4, -0.2) is 56.9 Å². The maximum Gasteiger partial charge on any atom is 0.321 e. The maximum absolute atomic E-state index is 13.0. The molecule has 13 heteroatoms. The topological polar surface area (TPSA) is 184 Å². The summed E-state index contributed by atoms with van der Waals surface area (Å²) in [5, 5.41) is 18.2. The van der Waals surface area contributed by atoms with Gasteiger partial charge in [-0.3, -0.25) is 14.4 Å². The second-order valence-electron chi connectivity index (χ2n) is 7.58. The van der Waals surface area contributed by atoms with Gasteiger partial charge in [-0.2, -0.15) is 9.44 Å². The number of aliphatic carboxylic acids is 2. The lowest BCUT2D eigenvalue weighted by molar-refractivity contribution is -0.139. The summed E-state index contributed by atoms with van der Waals surface area (Å²) in [6, 6.07) is 4.76. The SMILES string of the molecule is CC[C@@H](NS(=O)(=O)c1ccc2c(c1)C(=O)c1cc(S(=O)(=O)N[C@H](CC)C(=O)O)ccc1-2)C(=O)O. The number of ketones is 1. The van der Waals surface area contributed by atoms with E-state index >= 15 is 0 Å². The van der Waals surface area contributed by atoms with Crippen molar-refractivity contribution in [1.82, 2.24) is 9.44 Å². The minimum atomic E-state index is -4.25. The van der Waals surface area contributed by atoms with Gasteiger partial charge in [0.05, 0.1) is 9.79 Å². The number of rotatable bonds is 10. The Balaban J connectivity index is 1.97. The molecule has 2 aromatic carbocycles. The van der Waals surface area contributed by atoms with Crippen LogP contribution in [0.3, 0.4) is 0 Å². The first kappa shape index (κ1) is 25.5. The zero-order valence-corrected chi connectivity index (χ0v) is 19.7. The predicted octanol–water partition coefficient (Wildman–Crippen LogP) is 1.18. The van der Waals surface area contributed by atoms with E-state index < -0.39 is 49.9 Å². The van der Waals surface area contributed by atoms with E-state index in [2.05, 4.69) is 9.44 Å². The third kappa shape index (κ3) is 4.73. The Kier molecular flexibility index (Phi) is 6.94. The highest BCUT2D eigenvalue weighted by molar-refractivity contribution is 7.89. The number of hydrogen-bond acceptors (Lipinski definition) is 7. The Morgan fingerprint density at radius 2 is 1.09 bits per heavy atom. The number of carboxylic acid groups (broad SMARTS) is 2. The number of benzene rings is 2. The summed E-state index contributed by atoms with van der Waals surface area (Å²) in [5.74, 6) is -3.30. The molecular formula is C21H22N2O9S2. The Labute approximate surface area is 195 Å². The van der Waals surface area contributed by atoms with Crippen molar-refractivity contribution in [1.29, 1.82) is 0 Å². The molecule has 2 aromatic rings. The van der Waals surface area contributed by atoms with Crippen LogP contribution in [0.5, 0.6) is 0 Å². The molecule has 0 radical (unpaired) electrons. The molecule has 0 unspecified atom stereocenters. The lowest BCUT2D eigenvalue weighted by Crippen LogP contribution is -2.40. The van der Waals surface area contributed by atoms with E-state index in [1.54, 1.807) is 0 Å². The first-order valence-electron chi connectivity index (χ1n) is 10.2. The number of nitrogens with one attached hydrogen (secondary N) is 2. The van der Waals surface area contributed by atoms with E-state index in [9.17, 15) is 31.2 Å². The highest BCUT2D eigenvalue weighted by atomic mass is 32.2. The monoisotopic (exact) mass is 510 g/mol. The summed E-state index contributed by atoms with van der Waals surface area (Å²) in [4.78, 5) is 34.8. The molecule has 0 bridgehead atoms. The number of carbonyl (C=O) groups is 3. The van der Waals surface area contributed by atoms with Gasteiger partial charge in [0, 0.05) is 11.1 Å². The highest BCUT2D eigenvalue weighted by Crippen LogP contribution is 2.38. The number of hydrogen-bond donors (Lipinski definition) is 4. The number of carboxylic acids is 2. The molecule has 0 fully saturated rings. The molecule has 1 aliphatic rings. The smallest absolute Gasteiger partial charge is 0.321 e. The zero-order valence-electron chi connectivity index (χ0n) is 18.1. The van der Waals surface area contributed by atoms with Crippen molar-refractivity contribution in [2.45, 2.75) is 48.6 Å². The van der Waals surface area contributed by atoms with E-state index in [0.717, 1.165) is 12.1 Å². The molecule has 0 aliphatic heterocycles. The number of sulfonamides is 2. The van der Waals surface area contributed by atoms with Crippen molar-refractivity contribution in [3.05, 3.63) is 47.5 Å². The van der Waals surface area contributed by atoms with Crippen molar-refractivity contribution < 1.29 is 41.4 Å². The van der Waals surface area contributed by atoms with E-state index in [-0.39, 0.29) is 33.8 Å². The van der Waals surface area contributed by atoms with Crippen LogP contribution >= 0.6 is 0 Å². The van der Waals surface area contributed by atoms with Gasteiger partial charge in [0.1, 0.15) is 12.1 Å². The molecule has 0 spiro atoms. The Morgan fingerprint density at radius 1 is 0.735 bits per heavy atom. The molecule has 2 atom stereocenters. The lowest BCUT2D eigenvalue weighted by Gasteiger charge is -2.13. The minimum absolute atomic E-state index is 0.00985. The summed E-state index contributed by atoms with van der Waals surface area (Å²) in [7, 11) is -8.50. The Bertz CT molecular complexity index is 1290. The Hall–Kier alpha value is -3.13. The van der Waals surface area contributed by atoms with Crippen LogP contribution < -0.4 is 9.44 Å². The highest BCUT2D eigenvalue weighted by Gasteiger charge is 2.32. The van der Waals surface area contributed by atoms with Gasteiger partial charge in [0.15, 0.2) is 5.78 Å². The van der Waals surface area contributed by atoms with Crippen LogP contribution in [0.2, 0.25) is 0 Å². The van der Waals surface area contributed by atoms with Crippen LogP contribution in [0.1, 0.15) is 42.6 Å². The van der Waals surface area contributed by atoms with Gasteiger partial charge < -0.3 is 10.2 Å². The lowest BCUT2D eigenvalue weighted by atomic mass is 10.1. The number of carbonyl (C=O) groups excluding carboxylic acids is 1. The molecule has 0 amide bonds. The standard InChI is InChI=1S/C21H22N2O9S2/c1-3-17(20(25)26)22-33(29,30)11-5-7-13-14-8-6-12(10-16(14)19(24)15(13)9-11)34(31,32)23-18(4-2)21(27)28/h5-10,17-18,22-23H,3-4H2,1-2H3,(H,25,26)(H,27,28)/t17-,18-/m1/s1. The average molecular weight is 511 g/mol. The van der Waals surface area contributed by atoms with E-state index in [1.807, 2.05) is 0 Å². The molecule has 0 heterocycles. The fourth-order valence-corrected chi connectivity index (χ4v) is 6.10. The largest absolute Gasteiger partial charge is 0.480 e. The Morgan fingerprint density at radius 3 is 1.38 bits per heavy atom. The van der Waals surface area contributed by atoms with Gasteiger partial charge in [-0.15, -0.1) is 0 Å². The second-order valence-corrected chi connectivity index (χ2v) is 11.0. The van der Waals surface area contributed by atoms with Crippen LogP contribution in [0.15, 0.2) is 46.2 Å². The van der Waals surface area contributed by atoms with Gasteiger partial charge in [-0.25, -0.2) is 16.8 Å². The van der Waals surface area contributed by atoms with Crippen molar-refractivity contribution in [2.24, 2.45) is 0 Å². The molecule has 3 rings (SSSR count). The number of fused-ring (bicyclic) bond motifs is 3. The van der Waals surface area contributed by atoms with Crippen LogP contribution in [0, 0.1) is 0 Å². The van der Waals surface area contributed by atoms with E-state index in [1.165, 1.54) is 38.1 Å². The summed E-state index contributed by atoms with van der Waals surface area (Å²) in [6.45, 7) is 3.01. The third-order valence-corrected chi connectivity index (χ3v) is 8.33. The molecule has 0 saturated heterocycles. The van der Waals surface area contributed by atoms with Crippen LogP contribution in [-0.2, 0) is 29.6 Å². The second kappa shape index (κ2) is 9.25. The third-order valence-electron chi connectivity index (χ3n) is 5.39. The zero-order chi connectivity index (χ0) is 25.4. The van der Waals surface area contributed by atoms with Crippen molar-refractivity contribution in [3.8, 4) is 11.1 Å². The van der Waals surface area contributed by atoms with Crippen LogP contribution in [0.4, 0.5) is 0 Å². The van der Waals surface area contributed by atoms with Crippen molar-refractivity contribution >= 4 is 37.8 Å². The first-order chi connectivity index (χ1) is 15.8. The fourth-order valence-electron chi connectivity index (χ4n) is 3.50. The normalized spacial score (nSPS) is 14.8. The van der Waals surface area contributed by atoms with Gasteiger partial charge in [-0.1, -0.05) is 26.0 Å². The van der Waals surface area contributed by atoms with Gasteiger partial charge >= 0.3 is 11.9 Å². The quantitative estimate of drug-likeness (QED) is 0.311. The van der Waals surface area contributed by atoms with E-state index in [0.29, 0.717) is 11.1 Å². The summed E-state index contributed by atoms with van der Waals surface area (Å²) < 4.78 is 54.7. The van der Waals surface area contributed by atoms with Gasteiger partial charge in [0.25, 0.3) is 0 Å². The predicted molar refractivity (Wildman–Crippen MR) is 119 cm³/mol. The molecule has 34 heavy (non-hydrogen) atoms. The van der Waals surface area contributed by atoms with Crippen LogP contribution in [0.25, 0.3) is 11.1 Å². The summed E-state index contributed by atoms with van der Waals surface area (Å²) >= 11 is 0. The minimum Gasteiger partial charge on any atom is -0.480 e. The van der Waals surface area contributed by atoms with Gasteiger partial charge in [0.2, 0.25) is 20.0 Å². The molecular weight excluding hydrogens is 488 g/mol.